The van der Waals surface area contributed by atoms with E-state index in [4.69, 9.17) is 4.74 Å². The second-order valence-corrected chi connectivity index (χ2v) is 3.14. The molecule has 0 spiro atoms. The number of benzene rings is 1. The van der Waals surface area contributed by atoms with Gasteiger partial charge in [-0.15, -0.1) is 0 Å². The first-order valence-electron chi connectivity index (χ1n) is 4.62. The molecule has 0 aromatic heterocycles. The lowest BCUT2D eigenvalue weighted by molar-refractivity contribution is 0.387. The molecule has 1 heteroatoms. The smallest absolute Gasteiger partial charge is 0.145 e. The Balaban J connectivity index is 1.99. The molecular weight excluding hydrogens is 160 g/mol. The monoisotopic (exact) mass is 172 g/mol. The van der Waals surface area contributed by atoms with E-state index in [9.17, 15) is 0 Å². The molecule has 2 rings (SSSR count). The van der Waals surface area contributed by atoms with Gasteiger partial charge in [-0.3, -0.25) is 0 Å². The van der Waals surface area contributed by atoms with Crippen LogP contribution in [0.2, 0.25) is 0 Å². The summed E-state index contributed by atoms with van der Waals surface area (Å²) in [5, 5.41) is 0. The summed E-state index contributed by atoms with van der Waals surface area (Å²) >= 11 is 0. The standard InChI is InChI=1S/C12H12O/c1-2-11-12(13-11)9-8-10-6-4-3-5-7-10/h3-7,11-12H,2H2,1H3. The van der Waals surface area contributed by atoms with Crippen molar-refractivity contribution < 1.29 is 4.74 Å². The highest BCUT2D eigenvalue weighted by atomic mass is 16.6. The minimum atomic E-state index is 0.185. The topological polar surface area (TPSA) is 12.5 Å². The van der Waals surface area contributed by atoms with Crippen molar-refractivity contribution in [2.75, 3.05) is 0 Å². The number of rotatable bonds is 1. The lowest BCUT2D eigenvalue weighted by Crippen LogP contribution is -1.86. The summed E-state index contributed by atoms with van der Waals surface area (Å²) in [6, 6.07) is 10.0. The van der Waals surface area contributed by atoms with Crippen LogP contribution in [0.25, 0.3) is 0 Å². The van der Waals surface area contributed by atoms with Crippen molar-refractivity contribution in [1.29, 1.82) is 0 Å². The van der Waals surface area contributed by atoms with Gasteiger partial charge in [0.05, 0.1) is 6.10 Å². The Morgan fingerprint density at radius 1 is 1.31 bits per heavy atom. The minimum Gasteiger partial charge on any atom is -0.356 e. The maximum absolute atomic E-state index is 5.31. The van der Waals surface area contributed by atoms with Crippen LogP contribution in [0.1, 0.15) is 18.9 Å². The van der Waals surface area contributed by atoms with Crippen LogP contribution in [0.15, 0.2) is 30.3 Å². The molecule has 13 heavy (non-hydrogen) atoms. The number of ether oxygens (including phenoxy) is 1. The fourth-order valence-electron chi connectivity index (χ4n) is 1.26. The molecule has 1 aliphatic heterocycles. The van der Waals surface area contributed by atoms with Crippen molar-refractivity contribution in [3.8, 4) is 11.8 Å². The Morgan fingerprint density at radius 2 is 2.08 bits per heavy atom. The molecule has 66 valence electrons. The van der Waals surface area contributed by atoms with Gasteiger partial charge in [0.25, 0.3) is 0 Å². The predicted molar refractivity (Wildman–Crippen MR) is 52.3 cm³/mol. The van der Waals surface area contributed by atoms with E-state index in [1.54, 1.807) is 0 Å². The van der Waals surface area contributed by atoms with E-state index in [-0.39, 0.29) is 6.10 Å². The van der Waals surface area contributed by atoms with Gasteiger partial charge in [0.15, 0.2) is 0 Å². The molecule has 1 aromatic carbocycles. The van der Waals surface area contributed by atoms with Gasteiger partial charge in [-0.1, -0.05) is 37.0 Å². The molecule has 1 heterocycles. The molecule has 0 saturated carbocycles. The summed E-state index contributed by atoms with van der Waals surface area (Å²) in [6.07, 6.45) is 1.63. The third-order valence-electron chi connectivity index (χ3n) is 2.12. The van der Waals surface area contributed by atoms with Crippen LogP contribution < -0.4 is 0 Å². The van der Waals surface area contributed by atoms with Gasteiger partial charge in [-0.05, 0) is 18.6 Å². The summed E-state index contributed by atoms with van der Waals surface area (Å²) in [6.45, 7) is 2.12. The highest BCUT2D eigenvalue weighted by Crippen LogP contribution is 2.23. The average Bonchev–Trinajstić information content (AvgIpc) is 2.95. The largest absolute Gasteiger partial charge is 0.356 e. The summed E-state index contributed by atoms with van der Waals surface area (Å²) in [4.78, 5) is 0. The molecule has 1 saturated heterocycles. The lowest BCUT2D eigenvalue weighted by atomic mass is 10.2. The third-order valence-corrected chi connectivity index (χ3v) is 2.12. The molecule has 0 amide bonds. The van der Waals surface area contributed by atoms with Crippen molar-refractivity contribution in [3.05, 3.63) is 35.9 Å². The Labute approximate surface area is 78.7 Å². The Hall–Kier alpha value is -1.26. The van der Waals surface area contributed by atoms with E-state index in [1.165, 1.54) is 0 Å². The lowest BCUT2D eigenvalue weighted by Gasteiger charge is -1.84. The quantitative estimate of drug-likeness (QED) is 0.467. The van der Waals surface area contributed by atoms with Crippen molar-refractivity contribution in [2.45, 2.75) is 25.6 Å². The van der Waals surface area contributed by atoms with Crippen LogP contribution in [0.3, 0.4) is 0 Å². The number of epoxide rings is 1. The van der Waals surface area contributed by atoms with Gasteiger partial charge in [-0.2, -0.15) is 0 Å². The van der Waals surface area contributed by atoms with Gasteiger partial charge in [0.1, 0.15) is 6.10 Å². The van der Waals surface area contributed by atoms with Gasteiger partial charge >= 0.3 is 0 Å². The van der Waals surface area contributed by atoms with Crippen LogP contribution in [-0.4, -0.2) is 12.2 Å². The Bertz CT molecular complexity index is 331. The minimum absolute atomic E-state index is 0.185. The molecule has 0 bridgehead atoms. The first-order valence-corrected chi connectivity index (χ1v) is 4.62. The molecule has 2 atom stereocenters. The van der Waals surface area contributed by atoms with Crippen molar-refractivity contribution in [1.82, 2.24) is 0 Å². The van der Waals surface area contributed by atoms with Crippen molar-refractivity contribution in [2.24, 2.45) is 0 Å². The Morgan fingerprint density at radius 3 is 2.69 bits per heavy atom. The molecule has 0 radical (unpaired) electrons. The van der Waals surface area contributed by atoms with E-state index in [0.717, 1.165) is 12.0 Å². The highest BCUT2D eigenvalue weighted by molar-refractivity contribution is 5.35. The van der Waals surface area contributed by atoms with E-state index < -0.39 is 0 Å². The summed E-state index contributed by atoms with van der Waals surface area (Å²) < 4.78 is 5.31. The maximum atomic E-state index is 5.31. The van der Waals surface area contributed by atoms with E-state index >= 15 is 0 Å². The first-order chi connectivity index (χ1) is 6.40. The molecular formula is C12H12O. The highest BCUT2D eigenvalue weighted by Gasteiger charge is 2.35. The number of hydrogen-bond donors (Lipinski definition) is 0. The molecule has 0 N–H and O–H groups in total. The molecule has 1 fully saturated rings. The summed E-state index contributed by atoms with van der Waals surface area (Å²) in [7, 11) is 0. The van der Waals surface area contributed by atoms with Crippen LogP contribution in [0, 0.1) is 11.8 Å². The Kier molecular flexibility index (Phi) is 2.33. The fourth-order valence-corrected chi connectivity index (χ4v) is 1.26. The van der Waals surface area contributed by atoms with Crippen molar-refractivity contribution in [3.63, 3.8) is 0 Å². The zero-order valence-corrected chi connectivity index (χ0v) is 7.66. The van der Waals surface area contributed by atoms with Gasteiger partial charge in [0.2, 0.25) is 0 Å². The van der Waals surface area contributed by atoms with Crippen LogP contribution >= 0.6 is 0 Å². The first kappa shape index (κ1) is 8.34. The van der Waals surface area contributed by atoms with Crippen molar-refractivity contribution >= 4 is 0 Å². The summed E-state index contributed by atoms with van der Waals surface area (Å²) in [5.41, 5.74) is 1.06. The molecule has 2 unspecified atom stereocenters. The molecule has 0 aliphatic carbocycles. The molecule has 1 aliphatic rings. The zero-order chi connectivity index (χ0) is 9.10. The van der Waals surface area contributed by atoms with E-state index in [0.29, 0.717) is 6.10 Å². The normalized spacial score (nSPS) is 24.7. The van der Waals surface area contributed by atoms with Gasteiger partial charge < -0.3 is 4.74 Å². The van der Waals surface area contributed by atoms with E-state index in [1.807, 2.05) is 30.3 Å². The number of hydrogen-bond acceptors (Lipinski definition) is 1. The maximum Gasteiger partial charge on any atom is 0.145 e. The van der Waals surface area contributed by atoms with Gasteiger partial charge in [0, 0.05) is 5.56 Å². The molecule has 1 aromatic rings. The average molecular weight is 172 g/mol. The predicted octanol–water partition coefficient (Wildman–Crippen LogP) is 2.22. The van der Waals surface area contributed by atoms with E-state index in [2.05, 4.69) is 18.8 Å². The SMILES string of the molecule is CCC1OC1C#Cc1ccccc1. The van der Waals surface area contributed by atoms with Gasteiger partial charge in [-0.25, -0.2) is 0 Å². The van der Waals surface area contributed by atoms with Crippen LogP contribution in [0.4, 0.5) is 0 Å². The second-order valence-electron chi connectivity index (χ2n) is 3.14. The fraction of sp³-hybridized carbons (Fsp3) is 0.333. The second kappa shape index (κ2) is 3.64. The zero-order valence-electron chi connectivity index (χ0n) is 7.66. The summed E-state index contributed by atoms with van der Waals surface area (Å²) in [5.74, 6) is 6.20. The van der Waals surface area contributed by atoms with Crippen LogP contribution in [0.5, 0.6) is 0 Å². The molecule has 1 nitrogen and oxygen atoms in total. The third kappa shape index (κ3) is 2.11. The van der Waals surface area contributed by atoms with Crippen LogP contribution in [-0.2, 0) is 4.74 Å².